The van der Waals surface area contributed by atoms with Crippen molar-refractivity contribution in [3.8, 4) is 0 Å². The van der Waals surface area contributed by atoms with Crippen LogP contribution in [0.2, 0.25) is 0 Å². The molecule has 1 aromatic heterocycles. The zero-order valence-corrected chi connectivity index (χ0v) is 18.8. The van der Waals surface area contributed by atoms with Crippen molar-refractivity contribution in [2.45, 2.75) is 31.8 Å². The molecule has 0 aliphatic carbocycles. The lowest BCUT2D eigenvalue weighted by atomic mass is 10.1. The van der Waals surface area contributed by atoms with Crippen LogP contribution in [0.25, 0.3) is 0 Å². The van der Waals surface area contributed by atoms with Crippen LogP contribution >= 0.6 is 11.8 Å². The van der Waals surface area contributed by atoms with Crippen LogP contribution in [0.5, 0.6) is 0 Å². The fourth-order valence-electron chi connectivity index (χ4n) is 3.77. The number of anilines is 2. The molecule has 1 aliphatic rings. The highest BCUT2D eigenvalue weighted by atomic mass is 32.2. The van der Waals surface area contributed by atoms with E-state index in [4.69, 9.17) is 0 Å². The normalized spacial score (nSPS) is 12.8. The molecule has 3 aromatic rings. The van der Waals surface area contributed by atoms with E-state index in [-0.39, 0.29) is 24.1 Å². The summed E-state index contributed by atoms with van der Waals surface area (Å²) in [5.74, 6) is -0.903. The number of rotatable bonds is 6. The molecule has 0 radical (unpaired) electrons. The SMILES string of the molecule is CSc1nc(C)c(CCC(=O)Nc2cccc(N3C(=O)c4ccccc4C3=O)c2)c(C)n1. The van der Waals surface area contributed by atoms with Crippen LogP contribution in [-0.2, 0) is 11.2 Å². The Hall–Kier alpha value is -3.52. The molecule has 2 heterocycles. The summed E-state index contributed by atoms with van der Waals surface area (Å²) in [6, 6.07) is 13.5. The van der Waals surface area contributed by atoms with Crippen LogP contribution in [0.15, 0.2) is 53.7 Å². The third-order valence-corrected chi connectivity index (χ3v) is 5.91. The van der Waals surface area contributed by atoms with Gasteiger partial charge in [0.25, 0.3) is 11.8 Å². The van der Waals surface area contributed by atoms with Gasteiger partial charge in [-0.3, -0.25) is 14.4 Å². The summed E-state index contributed by atoms with van der Waals surface area (Å²) in [6.07, 6.45) is 2.72. The summed E-state index contributed by atoms with van der Waals surface area (Å²) in [5.41, 5.74) is 4.43. The van der Waals surface area contributed by atoms with Crippen molar-refractivity contribution in [2.75, 3.05) is 16.5 Å². The molecule has 8 heteroatoms. The number of fused-ring (bicyclic) bond motifs is 1. The molecule has 32 heavy (non-hydrogen) atoms. The molecular formula is C24H22N4O3S. The van der Waals surface area contributed by atoms with Gasteiger partial charge in [-0.2, -0.15) is 0 Å². The van der Waals surface area contributed by atoms with E-state index < -0.39 is 0 Å². The average Bonchev–Trinajstić information content (AvgIpc) is 3.03. The van der Waals surface area contributed by atoms with Gasteiger partial charge in [0.15, 0.2) is 5.16 Å². The number of imide groups is 1. The molecule has 0 bridgehead atoms. The number of carbonyl (C=O) groups is 3. The number of thioether (sulfide) groups is 1. The van der Waals surface area contributed by atoms with Gasteiger partial charge in [0.2, 0.25) is 5.91 Å². The van der Waals surface area contributed by atoms with Gasteiger partial charge < -0.3 is 5.32 Å². The summed E-state index contributed by atoms with van der Waals surface area (Å²) in [4.78, 5) is 48.0. The first-order chi connectivity index (χ1) is 15.4. The van der Waals surface area contributed by atoms with E-state index in [1.807, 2.05) is 20.1 Å². The van der Waals surface area contributed by atoms with Gasteiger partial charge >= 0.3 is 0 Å². The third kappa shape index (κ3) is 4.13. The van der Waals surface area contributed by atoms with Gasteiger partial charge in [0, 0.05) is 23.5 Å². The zero-order valence-electron chi connectivity index (χ0n) is 18.0. The number of nitrogens with one attached hydrogen (secondary N) is 1. The van der Waals surface area contributed by atoms with Crippen molar-refractivity contribution < 1.29 is 14.4 Å². The second kappa shape index (κ2) is 8.92. The van der Waals surface area contributed by atoms with Crippen molar-refractivity contribution in [2.24, 2.45) is 0 Å². The highest BCUT2D eigenvalue weighted by Crippen LogP contribution is 2.29. The van der Waals surface area contributed by atoms with E-state index in [0.29, 0.717) is 28.9 Å². The van der Waals surface area contributed by atoms with Crippen LogP contribution in [0.4, 0.5) is 11.4 Å². The fraction of sp³-hybridized carbons (Fsp3) is 0.208. The van der Waals surface area contributed by atoms with E-state index in [1.54, 1.807) is 48.5 Å². The van der Waals surface area contributed by atoms with Crippen molar-refractivity contribution in [1.29, 1.82) is 0 Å². The predicted octanol–water partition coefficient (Wildman–Crippen LogP) is 4.19. The van der Waals surface area contributed by atoms with Gasteiger partial charge in [0.05, 0.1) is 16.8 Å². The standard InChI is InChI=1S/C24H22N4O3S/c1-14-18(15(2)26-24(25-14)32-3)11-12-21(29)27-16-7-6-8-17(13-16)28-22(30)19-9-4-5-10-20(19)23(28)31/h4-10,13H,11-12H2,1-3H3,(H,27,29). The summed E-state index contributed by atoms with van der Waals surface area (Å²) >= 11 is 1.49. The first-order valence-corrected chi connectivity index (χ1v) is 11.4. The first-order valence-electron chi connectivity index (χ1n) is 10.1. The topological polar surface area (TPSA) is 92.3 Å². The summed E-state index contributed by atoms with van der Waals surface area (Å²) in [7, 11) is 0. The van der Waals surface area contributed by atoms with E-state index in [0.717, 1.165) is 27.0 Å². The maximum absolute atomic E-state index is 12.7. The van der Waals surface area contributed by atoms with Crippen molar-refractivity contribution in [3.05, 3.63) is 76.6 Å². The van der Waals surface area contributed by atoms with Crippen molar-refractivity contribution >= 4 is 40.9 Å². The number of hydrogen-bond acceptors (Lipinski definition) is 6. The number of amides is 3. The number of carbonyl (C=O) groups excluding carboxylic acids is 3. The number of nitrogens with zero attached hydrogens (tertiary/aromatic N) is 3. The first kappa shape index (κ1) is 21.7. The lowest BCUT2D eigenvalue weighted by Crippen LogP contribution is -2.29. The molecule has 4 rings (SSSR count). The molecule has 0 unspecified atom stereocenters. The number of aryl methyl sites for hydroxylation is 2. The number of aromatic nitrogens is 2. The fourth-order valence-corrected chi connectivity index (χ4v) is 4.23. The molecule has 2 aromatic carbocycles. The van der Waals surface area contributed by atoms with E-state index in [9.17, 15) is 14.4 Å². The molecule has 3 amide bonds. The quantitative estimate of drug-likeness (QED) is 0.347. The Kier molecular flexibility index (Phi) is 6.05. The molecule has 0 fully saturated rings. The molecule has 0 spiro atoms. The zero-order chi connectivity index (χ0) is 22.8. The van der Waals surface area contributed by atoms with Gasteiger partial charge in [-0.05, 0) is 62.4 Å². The lowest BCUT2D eigenvalue weighted by molar-refractivity contribution is -0.116. The van der Waals surface area contributed by atoms with Crippen LogP contribution in [0.1, 0.15) is 44.1 Å². The molecule has 162 valence electrons. The van der Waals surface area contributed by atoms with Crippen LogP contribution < -0.4 is 10.2 Å². The van der Waals surface area contributed by atoms with E-state index >= 15 is 0 Å². The molecule has 0 saturated carbocycles. The van der Waals surface area contributed by atoms with Crippen LogP contribution in [0, 0.1) is 13.8 Å². The highest BCUT2D eigenvalue weighted by Gasteiger charge is 2.36. The third-order valence-electron chi connectivity index (χ3n) is 5.37. The summed E-state index contributed by atoms with van der Waals surface area (Å²) in [5, 5.41) is 3.58. The average molecular weight is 447 g/mol. The molecule has 7 nitrogen and oxygen atoms in total. The maximum atomic E-state index is 12.7. The summed E-state index contributed by atoms with van der Waals surface area (Å²) in [6.45, 7) is 3.85. The largest absolute Gasteiger partial charge is 0.326 e. The highest BCUT2D eigenvalue weighted by molar-refractivity contribution is 7.98. The minimum Gasteiger partial charge on any atom is -0.326 e. The number of hydrogen-bond donors (Lipinski definition) is 1. The molecule has 0 saturated heterocycles. The van der Waals surface area contributed by atoms with Crippen molar-refractivity contribution in [1.82, 2.24) is 9.97 Å². The Morgan fingerprint density at radius 3 is 2.19 bits per heavy atom. The molecule has 1 aliphatic heterocycles. The smallest absolute Gasteiger partial charge is 0.266 e. The predicted molar refractivity (Wildman–Crippen MR) is 124 cm³/mol. The molecule has 1 N–H and O–H groups in total. The molecule has 0 atom stereocenters. The summed E-state index contributed by atoms with van der Waals surface area (Å²) < 4.78 is 0. The Labute approximate surface area is 190 Å². The van der Waals surface area contributed by atoms with Gasteiger partial charge in [-0.1, -0.05) is 30.0 Å². The molecular weight excluding hydrogens is 424 g/mol. The maximum Gasteiger partial charge on any atom is 0.266 e. The van der Waals surface area contributed by atoms with Gasteiger partial charge in [-0.25, -0.2) is 14.9 Å². The van der Waals surface area contributed by atoms with E-state index in [2.05, 4.69) is 15.3 Å². The second-order valence-electron chi connectivity index (χ2n) is 7.45. The Morgan fingerprint density at radius 2 is 1.59 bits per heavy atom. The Morgan fingerprint density at radius 1 is 0.969 bits per heavy atom. The monoisotopic (exact) mass is 446 g/mol. The minimum absolute atomic E-state index is 0.169. The van der Waals surface area contributed by atoms with Crippen LogP contribution in [0.3, 0.4) is 0 Å². The van der Waals surface area contributed by atoms with Crippen molar-refractivity contribution in [3.63, 3.8) is 0 Å². The van der Waals surface area contributed by atoms with Gasteiger partial charge in [-0.15, -0.1) is 0 Å². The van der Waals surface area contributed by atoms with Gasteiger partial charge in [0.1, 0.15) is 0 Å². The lowest BCUT2D eigenvalue weighted by Gasteiger charge is -2.15. The Bertz CT molecular complexity index is 1180. The second-order valence-corrected chi connectivity index (χ2v) is 8.22. The number of benzene rings is 2. The minimum atomic E-state index is -0.367. The Balaban J connectivity index is 1.46. The van der Waals surface area contributed by atoms with E-state index in [1.165, 1.54) is 11.8 Å². The van der Waals surface area contributed by atoms with Crippen LogP contribution in [-0.4, -0.2) is 33.9 Å².